The Morgan fingerprint density at radius 3 is 3.00 bits per heavy atom. The number of nitrogens with zero attached hydrogens (tertiary/aromatic N) is 5. The van der Waals surface area contributed by atoms with E-state index in [1.54, 1.807) is 19.3 Å². The van der Waals surface area contributed by atoms with Crippen LogP contribution in [0.25, 0.3) is 0 Å². The average Bonchev–Trinajstić information content (AvgIpc) is 2.75. The van der Waals surface area contributed by atoms with E-state index >= 15 is 0 Å². The van der Waals surface area contributed by atoms with Crippen LogP contribution >= 0.6 is 0 Å². The first-order valence-electron chi connectivity index (χ1n) is 5.20. The van der Waals surface area contributed by atoms with E-state index in [0.717, 1.165) is 12.0 Å². The van der Waals surface area contributed by atoms with E-state index in [0.29, 0.717) is 11.6 Å². The molecule has 7 heteroatoms. The lowest BCUT2D eigenvalue weighted by Crippen LogP contribution is -2.18. The predicted octanol–water partition coefficient (Wildman–Crippen LogP) is 0.420. The summed E-state index contributed by atoms with van der Waals surface area (Å²) in [5, 5.41) is 13.4. The number of aromatic nitrogens is 5. The molecule has 0 unspecified atom stereocenters. The lowest BCUT2D eigenvalue weighted by molar-refractivity contribution is 0.102. The number of nitrogens with one attached hydrogen (secondary N) is 1. The number of hydrogen-bond acceptors (Lipinski definition) is 5. The van der Waals surface area contributed by atoms with Crippen molar-refractivity contribution in [2.45, 2.75) is 13.3 Å². The summed E-state index contributed by atoms with van der Waals surface area (Å²) in [6, 6.07) is 3.68. The molecule has 0 bridgehead atoms. The molecule has 0 saturated carbocycles. The zero-order chi connectivity index (χ0) is 12.3. The Kier molecular flexibility index (Phi) is 3.08. The van der Waals surface area contributed by atoms with E-state index in [4.69, 9.17) is 0 Å². The summed E-state index contributed by atoms with van der Waals surface area (Å²) < 4.78 is 1.38. The second-order valence-corrected chi connectivity index (χ2v) is 3.44. The first kappa shape index (κ1) is 11.2. The first-order valence-corrected chi connectivity index (χ1v) is 5.20. The van der Waals surface area contributed by atoms with Crippen LogP contribution in [-0.2, 0) is 13.5 Å². The van der Waals surface area contributed by atoms with Crippen molar-refractivity contribution in [3.05, 3.63) is 29.6 Å². The van der Waals surface area contributed by atoms with Gasteiger partial charge in [-0.3, -0.25) is 15.1 Å². The van der Waals surface area contributed by atoms with E-state index in [1.807, 2.05) is 13.0 Å². The number of anilines is 1. The Labute approximate surface area is 97.9 Å². The lowest BCUT2D eigenvalue weighted by atomic mass is 10.1. The number of rotatable bonds is 3. The molecule has 1 amide bonds. The molecule has 2 aromatic heterocycles. The van der Waals surface area contributed by atoms with Gasteiger partial charge in [0, 0.05) is 13.2 Å². The van der Waals surface area contributed by atoms with Crippen LogP contribution in [0.4, 0.5) is 5.95 Å². The number of carbonyl (C=O) groups excluding carboxylic acids is 1. The van der Waals surface area contributed by atoms with Crippen molar-refractivity contribution in [2.24, 2.45) is 7.05 Å². The fourth-order valence-corrected chi connectivity index (χ4v) is 1.42. The summed E-state index contributed by atoms with van der Waals surface area (Å²) in [5.74, 6) is -0.0111. The third kappa shape index (κ3) is 2.27. The molecule has 0 aliphatic carbocycles. The maximum Gasteiger partial charge on any atom is 0.276 e. The van der Waals surface area contributed by atoms with E-state index in [1.165, 1.54) is 4.68 Å². The minimum atomic E-state index is -0.305. The minimum Gasteiger partial charge on any atom is -0.288 e. The number of tetrazole rings is 1. The van der Waals surface area contributed by atoms with E-state index in [9.17, 15) is 4.79 Å². The molecule has 0 aliphatic rings. The molecule has 1 N–H and O–H groups in total. The largest absolute Gasteiger partial charge is 0.288 e. The standard InChI is InChI=1S/C10H12N6O/c1-3-7-5-4-6-11-8(7)9(17)12-10-13-14-15-16(10)2/h4-6H,3H2,1-2H3,(H,12,13,15,17). The van der Waals surface area contributed by atoms with Crippen molar-refractivity contribution in [1.82, 2.24) is 25.2 Å². The second-order valence-electron chi connectivity index (χ2n) is 3.44. The number of carbonyl (C=O) groups is 1. The molecule has 7 nitrogen and oxygen atoms in total. The minimum absolute atomic E-state index is 0.294. The van der Waals surface area contributed by atoms with Gasteiger partial charge in [0.2, 0.25) is 5.95 Å². The molecule has 2 heterocycles. The molecular weight excluding hydrogens is 220 g/mol. The second kappa shape index (κ2) is 4.69. The topological polar surface area (TPSA) is 85.6 Å². The van der Waals surface area contributed by atoms with Gasteiger partial charge in [0.15, 0.2) is 0 Å². The highest BCUT2D eigenvalue weighted by Crippen LogP contribution is 2.08. The zero-order valence-corrected chi connectivity index (χ0v) is 9.58. The maximum absolute atomic E-state index is 12.0. The summed E-state index contributed by atoms with van der Waals surface area (Å²) in [5.41, 5.74) is 1.29. The van der Waals surface area contributed by atoms with Gasteiger partial charge in [-0.1, -0.05) is 18.1 Å². The number of amides is 1. The molecule has 0 spiro atoms. The highest BCUT2D eigenvalue weighted by Gasteiger charge is 2.14. The molecule has 17 heavy (non-hydrogen) atoms. The Balaban J connectivity index is 2.23. The summed E-state index contributed by atoms with van der Waals surface area (Å²) in [6.45, 7) is 1.97. The first-order chi connectivity index (χ1) is 8.22. The fourth-order valence-electron chi connectivity index (χ4n) is 1.42. The monoisotopic (exact) mass is 232 g/mol. The summed E-state index contributed by atoms with van der Waals surface area (Å²) in [6.07, 6.45) is 2.33. The molecular formula is C10H12N6O. The number of aryl methyl sites for hydroxylation is 2. The average molecular weight is 232 g/mol. The Bertz CT molecular complexity index is 535. The van der Waals surface area contributed by atoms with E-state index < -0.39 is 0 Å². The van der Waals surface area contributed by atoms with Crippen LogP contribution in [0.2, 0.25) is 0 Å². The van der Waals surface area contributed by atoms with Crippen molar-refractivity contribution >= 4 is 11.9 Å². The van der Waals surface area contributed by atoms with Crippen LogP contribution in [0.3, 0.4) is 0 Å². The van der Waals surface area contributed by atoms with Gasteiger partial charge in [0.25, 0.3) is 5.91 Å². The molecule has 0 fully saturated rings. The van der Waals surface area contributed by atoms with E-state index in [-0.39, 0.29) is 5.91 Å². The Hall–Kier alpha value is -2.31. The zero-order valence-electron chi connectivity index (χ0n) is 9.58. The van der Waals surface area contributed by atoms with Gasteiger partial charge in [0.1, 0.15) is 5.69 Å². The van der Waals surface area contributed by atoms with Crippen molar-refractivity contribution in [2.75, 3.05) is 5.32 Å². The summed E-state index contributed by atoms with van der Waals surface area (Å²) in [4.78, 5) is 16.0. The number of hydrogen-bond donors (Lipinski definition) is 1. The fraction of sp³-hybridized carbons (Fsp3) is 0.300. The van der Waals surface area contributed by atoms with Gasteiger partial charge in [-0.15, -0.1) is 0 Å². The van der Waals surface area contributed by atoms with E-state index in [2.05, 4.69) is 25.8 Å². The van der Waals surface area contributed by atoms with Gasteiger partial charge in [-0.2, -0.15) is 0 Å². The van der Waals surface area contributed by atoms with Crippen molar-refractivity contribution in [3.63, 3.8) is 0 Å². The van der Waals surface area contributed by atoms with Gasteiger partial charge < -0.3 is 0 Å². The SMILES string of the molecule is CCc1cccnc1C(=O)Nc1nnnn1C. The molecule has 0 saturated heterocycles. The van der Waals surface area contributed by atoms with Crippen LogP contribution < -0.4 is 5.32 Å². The molecule has 0 radical (unpaired) electrons. The molecule has 2 aromatic rings. The lowest BCUT2D eigenvalue weighted by Gasteiger charge is -2.05. The summed E-state index contributed by atoms with van der Waals surface area (Å²) in [7, 11) is 1.65. The van der Waals surface area contributed by atoms with Crippen LogP contribution in [0.15, 0.2) is 18.3 Å². The normalized spacial score (nSPS) is 10.2. The van der Waals surface area contributed by atoms with Crippen molar-refractivity contribution < 1.29 is 4.79 Å². The molecule has 0 aromatic carbocycles. The van der Waals surface area contributed by atoms with Crippen LogP contribution in [0.1, 0.15) is 23.0 Å². The third-order valence-corrected chi connectivity index (χ3v) is 2.33. The van der Waals surface area contributed by atoms with Gasteiger partial charge in [-0.25, -0.2) is 4.68 Å². The molecule has 0 aliphatic heterocycles. The Morgan fingerprint density at radius 1 is 1.53 bits per heavy atom. The smallest absolute Gasteiger partial charge is 0.276 e. The predicted molar refractivity (Wildman–Crippen MR) is 60.4 cm³/mol. The molecule has 2 rings (SSSR count). The maximum atomic E-state index is 12.0. The molecule has 88 valence electrons. The van der Waals surface area contributed by atoms with Crippen LogP contribution in [0.5, 0.6) is 0 Å². The van der Waals surface area contributed by atoms with Crippen LogP contribution in [0, 0.1) is 0 Å². The van der Waals surface area contributed by atoms with Crippen LogP contribution in [-0.4, -0.2) is 31.1 Å². The molecule has 0 atom stereocenters. The van der Waals surface area contributed by atoms with Gasteiger partial charge in [0.05, 0.1) is 0 Å². The highest BCUT2D eigenvalue weighted by atomic mass is 16.2. The van der Waals surface area contributed by atoms with Gasteiger partial charge in [-0.05, 0) is 28.5 Å². The highest BCUT2D eigenvalue weighted by molar-refractivity contribution is 6.02. The van der Waals surface area contributed by atoms with Crippen molar-refractivity contribution in [3.8, 4) is 0 Å². The Morgan fingerprint density at radius 2 is 2.35 bits per heavy atom. The van der Waals surface area contributed by atoms with Crippen molar-refractivity contribution in [1.29, 1.82) is 0 Å². The van der Waals surface area contributed by atoms with Gasteiger partial charge >= 0.3 is 0 Å². The number of pyridine rings is 1. The quantitative estimate of drug-likeness (QED) is 0.828. The third-order valence-electron chi connectivity index (χ3n) is 2.33. The summed E-state index contributed by atoms with van der Waals surface area (Å²) >= 11 is 0.